The van der Waals surface area contributed by atoms with Gasteiger partial charge < -0.3 is 19.9 Å². The van der Waals surface area contributed by atoms with Crippen molar-refractivity contribution in [2.45, 2.75) is 12.5 Å². The van der Waals surface area contributed by atoms with Gasteiger partial charge in [0.1, 0.15) is 6.61 Å². The molecule has 3 aliphatic rings. The molecule has 0 aliphatic carbocycles. The standard InChI is InChI=1S/C13H18N4O/c1-3-16(4-1)10-6-12-13(15-8-10)17-5-2-14-7-11(17)9-18-12/h6,8,11,14H,1-5,7,9H2/t11-/m0/s1. The normalized spacial score (nSPS) is 25.9. The zero-order valence-corrected chi connectivity index (χ0v) is 10.4. The number of hydrogen-bond acceptors (Lipinski definition) is 5. The number of pyridine rings is 1. The van der Waals surface area contributed by atoms with Crippen LogP contribution in [0, 0.1) is 0 Å². The molecule has 2 saturated heterocycles. The van der Waals surface area contributed by atoms with Gasteiger partial charge in [0.05, 0.1) is 17.9 Å². The van der Waals surface area contributed by atoms with E-state index < -0.39 is 0 Å². The van der Waals surface area contributed by atoms with E-state index in [0.29, 0.717) is 6.04 Å². The maximum Gasteiger partial charge on any atom is 0.171 e. The SMILES string of the molecule is c1nc2c(cc1N1CCC1)OC[C@@H]1CNCCN21. The fourth-order valence-corrected chi connectivity index (χ4v) is 2.87. The predicted molar refractivity (Wildman–Crippen MR) is 70.6 cm³/mol. The maximum atomic E-state index is 5.88. The lowest BCUT2D eigenvalue weighted by Gasteiger charge is -2.41. The summed E-state index contributed by atoms with van der Waals surface area (Å²) in [6, 6.07) is 2.59. The van der Waals surface area contributed by atoms with E-state index in [1.54, 1.807) is 0 Å². The highest BCUT2D eigenvalue weighted by molar-refractivity contribution is 5.62. The molecule has 0 unspecified atom stereocenters. The highest BCUT2D eigenvalue weighted by atomic mass is 16.5. The van der Waals surface area contributed by atoms with E-state index >= 15 is 0 Å². The van der Waals surface area contributed by atoms with Crippen LogP contribution in [-0.4, -0.2) is 50.4 Å². The summed E-state index contributed by atoms with van der Waals surface area (Å²) in [5, 5.41) is 3.40. The summed E-state index contributed by atoms with van der Waals surface area (Å²) in [6.45, 7) is 6.12. The molecule has 5 nitrogen and oxygen atoms in total. The molecule has 0 aromatic carbocycles. The summed E-state index contributed by atoms with van der Waals surface area (Å²) >= 11 is 0. The first-order valence-corrected chi connectivity index (χ1v) is 6.77. The van der Waals surface area contributed by atoms with Gasteiger partial charge in [-0.25, -0.2) is 4.98 Å². The van der Waals surface area contributed by atoms with Crippen molar-refractivity contribution in [3.63, 3.8) is 0 Å². The smallest absolute Gasteiger partial charge is 0.171 e. The molecular formula is C13H18N4O. The summed E-state index contributed by atoms with van der Waals surface area (Å²) in [6.07, 6.45) is 3.28. The van der Waals surface area contributed by atoms with E-state index in [2.05, 4.69) is 26.2 Å². The van der Waals surface area contributed by atoms with Crippen molar-refractivity contribution >= 4 is 11.5 Å². The average molecular weight is 246 g/mol. The van der Waals surface area contributed by atoms with Gasteiger partial charge in [-0.3, -0.25) is 0 Å². The minimum atomic E-state index is 0.439. The third-order valence-corrected chi connectivity index (χ3v) is 4.09. The number of piperazine rings is 1. The summed E-state index contributed by atoms with van der Waals surface area (Å²) in [4.78, 5) is 9.37. The number of ether oxygens (including phenoxy) is 1. The lowest BCUT2D eigenvalue weighted by atomic mass is 10.1. The second-order valence-electron chi connectivity index (χ2n) is 5.22. The molecular weight excluding hydrogens is 228 g/mol. The Hall–Kier alpha value is -1.49. The topological polar surface area (TPSA) is 40.6 Å². The maximum absolute atomic E-state index is 5.88. The summed E-state index contributed by atoms with van der Waals surface area (Å²) in [5.74, 6) is 1.98. The Balaban J connectivity index is 1.66. The van der Waals surface area contributed by atoms with Gasteiger partial charge in [0.2, 0.25) is 0 Å². The van der Waals surface area contributed by atoms with E-state index in [0.717, 1.165) is 50.9 Å². The van der Waals surface area contributed by atoms with Crippen molar-refractivity contribution in [1.29, 1.82) is 0 Å². The van der Waals surface area contributed by atoms with Crippen LogP contribution in [0.2, 0.25) is 0 Å². The zero-order chi connectivity index (χ0) is 11.9. The van der Waals surface area contributed by atoms with Crippen LogP contribution < -0.4 is 19.9 Å². The van der Waals surface area contributed by atoms with Crippen LogP contribution in [-0.2, 0) is 0 Å². The molecule has 2 fully saturated rings. The predicted octanol–water partition coefficient (Wildman–Crippen LogP) is 0.462. The number of rotatable bonds is 1. The number of fused-ring (bicyclic) bond motifs is 3. The Morgan fingerprint density at radius 2 is 2.28 bits per heavy atom. The average Bonchev–Trinajstić information content (AvgIpc) is 2.36. The number of anilines is 2. The van der Waals surface area contributed by atoms with Crippen LogP contribution in [0.1, 0.15) is 6.42 Å². The Morgan fingerprint density at radius 1 is 1.33 bits per heavy atom. The molecule has 3 aliphatic heterocycles. The molecule has 1 N–H and O–H groups in total. The fraction of sp³-hybridized carbons (Fsp3) is 0.615. The lowest BCUT2D eigenvalue weighted by Crippen LogP contribution is -2.56. The Labute approximate surface area is 107 Å². The van der Waals surface area contributed by atoms with E-state index in [-0.39, 0.29) is 0 Å². The second kappa shape index (κ2) is 4.02. The molecule has 4 heterocycles. The molecule has 1 atom stereocenters. The molecule has 5 heteroatoms. The molecule has 4 rings (SSSR count). The monoisotopic (exact) mass is 246 g/mol. The quantitative estimate of drug-likeness (QED) is 0.779. The molecule has 0 saturated carbocycles. The number of aromatic nitrogens is 1. The zero-order valence-electron chi connectivity index (χ0n) is 10.4. The molecule has 1 aromatic heterocycles. The molecule has 0 bridgehead atoms. The van der Waals surface area contributed by atoms with Gasteiger partial charge in [0.15, 0.2) is 11.6 Å². The van der Waals surface area contributed by atoms with Gasteiger partial charge >= 0.3 is 0 Å². The summed E-state index contributed by atoms with van der Waals surface area (Å²) in [7, 11) is 0. The minimum Gasteiger partial charge on any atom is -0.487 e. The summed E-state index contributed by atoms with van der Waals surface area (Å²) < 4.78 is 5.88. The first-order valence-electron chi connectivity index (χ1n) is 6.77. The van der Waals surface area contributed by atoms with Crippen LogP contribution in [0.25, 0.3) is 0 Å². The highest BCUT2D eigenvalue weighted by Gasteiger charge is 2.31. The van der Waals surface area contributed by atoms with E-state index in [4.69, 9.17) is 4.74 Å². The third kappa shape index (κ3) is 1.54. The van der Waals surface area contributed by atoms with Gasteiger partial charge in [-0.15, -0.1) is 0 Å². The molecule has 0 amide bonds. The number of nitrogens with zero attached hydrogens (tertiary/aromatic N) is 3. The molecule has 0 radical (unpaired) electrons. The van der Waals surface area contributed by atoms with E-state index in [1.165, 1.54) is 12.1 Å². The first kappa shape index (κ1) is 10.4. The Bertz CT molecular complexity index is 460. The fourth-order valence-electron chi connectivity index (χ4n) is 2.87. The minimum absolute atomic E-state index is 0.439. The van der Waals surface area contributed by atoms with E-state index in [1.807, 2.05) is 6.20 Å². The number of hydrogen-bond donors (Lipinski definition) is 1. The van der Waals surface area contributed by atoms with Gasteiger partial charge in [-0.05, 0) is 6.42 Å². The van der Waals surface area contributed by atoms with Crippen molar-refractivity contribution in [2.24, 2.45) is 0 Å². The van der Waals surface area contributed by atoms with Crippen LogP contribution in [0.15, 0.2) is 12.3 Å². The molecule has 1 aromatic rings. The van der Waals surface area contributed by atoms with Crippen LogP contribution >= 0.6 is 0 Å². The van der Waals surface area contributed by atoms with Gasteiger partial charge in [0, 0.05) is 38.8 Å². The van der Waals surface area contributed by atoms with Crippen LogP contribution in [0.4, 0.5) is 11.5 Å². The summed E-state index contributed by atoms with van der Waals surface area (Å²) in [5.41, 5.74) is 1.20. The van der Waals surface area contributed by atoms with Crippen molar-refractivity contribution in [2.75, 3.05) is 49.1 Å². The van der Waals surface area contributed by atoms with Gasteiger partial charge in [-0.1, -0.05) is 0 Å². The van der Waals surface area contributed by atoms with Gasteiger partial charge in [-0.2, -0.15) is 0 Å². The largest absolute Gasteiger partial charge is 0.487 e. The van der Waals surface area contributed by atoms with Crippen molar-refractivity contribution in [3.05, 3.63) is 12.3 Å². The van der Waals surface area contributed by atoms with E-state index in [9.17, 15) is 0 Å². The lowest BCUT2D eigenvalue weighted by molar-refractivity contribution is 0.244. The van der Waals surface area contributed by atoms with Crippen LogP contribution in [0.3, 0.4) is 0 Å². The third-order valence-electron chi connectivity index (χ3n) is 4.09. The Kier molecular flexibility index (Phi) is 2.33. The Morgan fingerprint density at radius 3 is 3.11 bits per heavy atom. The molecule has 18 heavy (non-hydrogen) atoms. The van der Waals surface area contributed by atoms with Crippen molar-refractivity contribution in [3.8, 4) is 5.75 Å². The number of nitrogens with one attached hydrogen (secondary N) is 1. The molecule has 0 spiro atoms. The van der Waals surface area contributed by atoms with Crippen molar-refractivity contribution in [1.82, 2.24) is 10.3 Å². The van der Waals surface area contributed by atoms with Crippen LogP contribution in [0.5, 0.6) is 5.75 Å². The second-order valence-corrected chi connectivity index (χ2v) is 5.22. The first-order chi connectivity index (χ1) is 8.92. The van der Waals surface area contributed by atoms with Crippen molar-refractivity contribution < 1.29 is 4.74 Å². The van der Waals surface area contributed by atoms with Gasteiger partial charge in [0.25, 0.3) is 0 Å². The highest BCUT2D eigenvalue weighted by Crippen LogP contribution is 2.35. The molecule has 96 valence electrons.